The number of aliphatic carboxylic acids is 1. The molecule has 0 aliphatic carbocycles. The number of rotatable bonds is 4. The third-order valence-corrected chi connectivity index (χ3v) is 4.03. The number of alkyl halides is 3. The third kappa shape index (κ3) is 5.12. The van der Waals surface area contributed by atoms with Gasteiger partial charge in [-0.1, -0.05) is 11.6 Å². The summed E-state index contributed by atoms with van der Waals surface area (Å²) >= 11 is 5.98. The van der Waals surface area contributed by atoms with Gasteiger partial charge in [0.1, 0.15) is 16.5 Å². The zero-order valence-electron chi connectivity index (χ0n) is 14.5. The Hall–Kier alpha value is -2.83. The van der Waals surface area contributed by atoms with Crippen molar-refractivity contribution in [2.24, 2.45) is 0 Å². The third-order valence-electron chi connectivity index (χ3n) is 3.68. The van der Waals surface area contributed by atoms with Crippen molar-refractivity contribution >= 4 is 23.5 Å². The molecule has 10 nitrogen and oxygen atoms in total. The second-order valence-corrected chi connectivity index (χ2v) is 5.93. The van der Waals surface area contributed by atoms with E-state index in [-0.39, 0.29) is 22.5 Å². The van der Waals surface area contributed by atoms with E-state index in [0.29, 0.717) is 6.54 Å². The van der Waals surface area contributed by atoms with Gasteiger partial charge in [-0.15, -0.1) is 15.3 Å². The number of hydrogen-bond acceptors (Lipinski definition) is 6. The number of aryl methyl sites for hydroxylation is 1. The molecule has 1 aliphatic rings. The van der Waals surface area contributed by atoms with Gasteiger partial charge >= 0.3 is 12.1 Å². The largest absolute Gasteiger partial charge is 0.490 e. The highest BCUT2D eigenvalue weighted by atomic mass is 35.5. The van der Waals surface area contributed by atoms with E-state index >= 15 is 0 Å². The van der Waals surface area contributed by atoms with E-state index < -0.39 is 12.1 Å². The number of aromatic nitrogens is 5. The highest BCUT2D eigenvalue weighted by molar-refractivity contribution is 6.34. The summed E-state index contributed by atoms with van der Waals surface area (Å²) in [5.41, 5.74) is 0.173. The number of aromatic amines is 1. The minimum atomic E-state index is -5.08. The SMILES string of the molecule is COc1n[nH]c(C(=O)NCc2nnc3n2CCCC3)c1Cl.O=C(O)C(F)(F)F. The van der Waals surface area contributed by atoms with Crippen molar-refractivity contribution in [3.63, 3.8) is 0 Å². The monoisotopic (exact) mass is 424 g/mol. The van der Waals surface area contributed by atoms with Crippen LogP contribution in [0.3, 0.4) is 0 Å². The Morgan fingerprint density at radius 3 is 2.61 bits per heavy atom. The number of carbonyl (C=O) groups excluding carboxylic acids is 1. The van der Waals surface area contributed by atoms with Crippen molar-refractivity contribution in [2.75, 3.05) is 7.11 Å². The number of H-pyrrole nitrogens is 1. The molecule has 0 bridgehead atoms. The number of hydrogen-bond donors (Lipinski definition) is 3. The van der Waals surface area contributed by atoms with Gasteiger partial charge in [-0.05, 0) is 12.8 Å². The molecular formula is C14H16ClF3N6O4. The van der Waals surface area contributed by atoms with Crippen LogP contribution in [0, 0.1) is 0 Å². The van der Waals surface area contributed by atoms with Gasteiger partial charge < -0.3 is 19.7 Å². The summed E-state index contributed by atoms with van der Waals surface area (Å²) in [7, 11) is 1.44. The molecule has 0 saturated heterocycles. The molecular weight excluding hydrogens is 409 g/mol. The smallest absolute Gasteiger partial charge is 0.479 e. The summed E-state index contributed by atoms with van der Waals surface area (Å²) in [5, 5.41) is 24.7. The summed E-state index contributed by atoms with van der Waals surface area (Å²) in [4.78, 5) is 21.0. The Bertz CT molecular complexity index is 851. The molecule has 0 fully saturated rings. The van der Waals surface area contributed by atoms with Crippen LogP contribution in [0.4, 0.5) is 13.2 Å². The lowest BCUT2D eigenvalue weighted by atomic mass is 10.2. The molecule has 0 radical (unpaired) electrons. The molecule has 3 N–H and O–H groups in total. The number of carboxylic acids is 1. The highest BCUT2D eigenvalue weighted by Crippen LogP contribution is 2.24. The van der Waals surface area contributed by atoms with Gasteiger partial charge in [0.2, 0.25) is 0 Å². The highest BCUT2D eigenvalue weighted by Gasteiger charge is 2.38. The van der Waals surface area contributed by atoms with E-state index in [1.807, 2.05) is 0 Å². The van der Waals surface area contributed by atoms with Crippen molar-refractivity contribution in [3.05, 3.63) is 22.4 Å². The predicted molar refractivity (Wildman–Crippen MR) is 88.0 cm³/mol. The average Bonchev–Trinajstić information content (AvgIpc) is 3.22. The molecule has 3 rings (SSSR count). The van der Waals surface area contributed by atoms with Gasteiger partial charge in [0, 0.05) is 13.0 Å². The summed E-state index contributed by atoms with van der Waals surface area (Å²) in [6.45, 7) is 1.19. The van der Waals surface area contributed by atoms with Crippen LogP contribution in [0.15, 0.2) is 0 Å². The summed E-state index contributed by atoms with van der Waals surface area (Å²) < 4.78 is 38.7. The van der Waals surface area contributed by atoms with Crippen molar-refractivity contribution in [1.29, 1.82) is 0 Å². The first-order chi connectivity index (χ1) is 13.1. The molecule has 0 saturated carbocycles. The number of nitrogens with one attached hydrogen (secondary N) is 2. The minimum absolute atomic E-state index is 0.165. The van der Waals surface area contributed by atoms with Crippen LogP contribution in [-0.2, 0) is 24.3 Å². The van der Waals surface area contributed by atoms with E-state index in [4.69, 9.17) is 26.2 Å². The minimum Gasteiger partial charge on any atom is -0.479 e. The van der Waals surface area contributed by atoms with Crippen LogP contribution >= 0.6 is 11.6 Å². The number of fused-ring (bicyclic) bond motifs is 1. The van der Waals surface area contributed by atoms with Crippen molar-refractivity contribution in [2.45, 2.75) is 38.5 Å². The van der Waals surface area contributed by atoms with E-state index in [1.165, 1.54) is 7.11 Å². The molecule has 2 aromatic heterocycles. The summed E-state index contributed by atoms with van der Waals surface area (Å²) in [5.74, 6) is -1.19. The quantitative estimate of drug-likeness (QED) is 0.677. The molecule has 3 heterocycles. The van der Waals surface area contributed by atoms with Crippen molar-refractivity contribution in [1.82, 2.24) is 30.3 Å². The van der Waals surface area contributed by atoms with Crippen molar-refractivity contribution in [3.8, 4) is 5.88 Å². The number of nitrogens with zero attached hydrogens (tertiary/aromatic N) is 4. The Labute approximate surface area is 161 Å². The van der Waals surface area contributed by atoms with Gasteiger partial charge in [-0.3, -0.25) is 9.89 Å². The lowest BCUT2D eigenvalue weighted by molar-refractivity contribution is -0.192. The molecule has 2 aromatic rings. The maximum absolute atomic E-state index is 12.1. The molecule has 0 aromatic carbocycles. The zero-order valence-corrected chi connectivity index (χ0v) is 15.3. The van der Waals surface area contributed by atoms with Gasteiger partial charge in [0.05, 0.1) is 13.7 Å². The summed E-state index contributed by atoms with van der Waals surface area (Å²) in [6, 6.07) is 0. The number of methoxy groups -OCH3 is 1. The van der Waals surface area contributed by atoms with Gasteiger partial charge in [-0.2, -0.15) is 13.2 Å². The first kappa shape index (κ1) is 21.5. The van der Waals surface area contributed by atoms with Crippen LogP contribution < -0.4 is 10.1 Å². The van der Waals surface area contributed by atoms with Crippen molar-refractivity contribution < 1.29 is 32.6 Å². The van der Waals surface area contributed by atoms with Crippen LogP contribution in [0.2, 0.25) is 5.02 Å². The van der Waals surface area contributed by atoms with E-state index in [0.717, 1.165) is 37.5 Å². The number of carbonyl (C=O) groups is 2. The number of ether oxygens (including phenoxy) is 1. The predicted octanol–water partition coefficient (Wildman–Crippen LogP) is 1.56. The normalized spacial score (nSPS) is 13.2. The Balaban J connectivity index is 0.000000345. The zero-order chi connectivity index (χ0) is 20.9. The topological polar surface area (TPSA) is 135 Å². The molecule has 0 unspecified atom stereocenters. The lowest BCUT2D eigenvalue weighted by Gasteiger charge is -2.14. The molecule has 0 spiro atoms. The second-order valence-electron chi connectivity index (χ2n) is 5.55. The van der Waals surface area contributed by atoms with Crippen LogP contribution in [0.1, 0.15) is 35.0 Å². The van der Waals surface area contributed by atoms with Crippen LogP contribution in [-0.4, -0.2) is 55.2 Å². The molecule has 154 valence electrons. The first-order valence-electron chi connectivity index (χ1n) is 7.92. The number of amides is 1. The van der Waals surface area contributed by atoms with Gasteiger partial charge in [0.15, 0.2) is 5.82 Å². The Morgan fingerprint density at radius 1 is 1.36 bits per heavy atom. The maximum Gasteiger partial charge on any atom is 0.490 e. The van der Waals surface area contributed by atoms with Gasteiger partial charge in [-0.25, -0.2) is 4.79 Å². The van der Waals surface area contributed by atoms with Crippen LogP contribution in [0.25, 0.3) is 0 Å². The number of halogens is 4. The average molecular weight is 425 g/mol. The second kappa shape index (κ2) is 8.91. The number of carboxylic acid groups (broad SMARTS) is 1. The first-order valence-corrected chi connectivity index (χ1v) is 8.30. The fourth-order valence-corrected chi connectivity index (χ4v) is 2.59. The summed E-state index contributed by atoms with van der Waals surface area (Å²) in [6.07, 6.45) is -1.91. The van der Waals surface area contributed by atoms with E-state index in [9.17, 15) is 18.0 Å². The molecule has 1 aliphatic heterocycles. The maximum atomic E-state index is 12.1. The fourth-order valence-electron chi connectivity index (χ4n) is 2.34. The Kier molecular flexibility index (Phi) is 6.83. The standard InChI is InChI=1S/C12H15ClN6O2.C2HF3O2/c1-21-12-9(13)10(17-18-12)11(20)14-6-8-16-15-7-4-2-3-5-19(7)8;3-2(4,5)1(6)7/h2-6H2,1H3,(H,14,20)(H,17,18);(H,6,7). The van der Waals surface area contributed by atoms with E-state index in [2.05, 4.69) is 30.3 Å². The molecule has 1 amide bonds. The van der Waals surface area contributed by atoms with E-state index in [1.54, 1.807) is 0 Å². The molecule has 14 heteroatoms. The molecule has 28 heavy (non-hydrogen) atoms. The molecule has 0 atom stereocenters. The fraction of sp³-hybridized carbons (Fsp3) is 0.500. The van der Waals surface area contributed by atoms with Gasteiger partial charge in [0.25, 0.3) is 11.8 Å². The Morgan fingerprint density at radius 2 is 2.04 bits per heavy atom. The van der Waals surface area contributed by atoms with Crippen LogP contribution in [0.5, 0.6) is 5.88 Å². The lowest BCUT2D eigenvalue weighted by Crippen LogP contribution is -2.26.